The molecule has 2 aromatic rings. The van der Waals surface area contributed by atoms with Crippen LogP contribution in [-0.4, -0.2) is 77.1 Å². The fourth-order valence-electron chi connectivity index (χ4n) is 4.89. The van der Waals surface area contributed by atoms with Crippen molar-refractivity contribution in [3.8, 4) is 0 Å². The molecule has 2 heterocycles. The molecule has 10 nitrogen and oxygen atoms in total. The first kappa shape index (κ1) is 28.0. The second kappa shape index (κ2) is 11.4. The molecule has 0 aromatic heterocycles. The van der Waals surface area contributed by atoms with E-state index in [1.165, 1.54) is 18.9 Å². The molecule has 0 spiro atoms. The van der Waals surface area contributed by atoms with Gasteiger partial charge in [0.1, 0.15) is 18.1 Å². The lowest BCUT2D eigenvalue weighted by atomic mass is 9.73. The Morgan fingerprint density at radius 2 is 1.74 bits per heavy atom. The van der Waals surface area contributed by atoms with E-state index in [-0.39, 0.29) is 19.1 Å². The highest BCUT2D eigenvalue weighted by molar-refractivity contribution is 6.14. The number of nitrogens with one attached hydrogen (secondary N) is 1. The van der Waals surface area contributed by atoms with Gasteiger partial charge in [-0.3, -0.25) is 14.4 Å². The van der Waals surface area contributed by atoms with E-state index in [1.54, 1.807) is 35.2 Å². The van der Waals surface area contributed by atoms with Crippen molar-refractivity contribution in [2.75, 3.05) is 26.2 Å². The van der Waals surface area contributed by atoms with Gasteiger partial charge in [-0.05, 0) is 44.9 Å². The van der Waals surface area contributed by atoms with Gasteiger partial charge >= 0.3 is 5.97 Å². The van der Waals surface area contributed by atoms with Gasteiger partial charge < -0.3 is 20.7 Å². The van der Waals surface area contributed by atoms with E-state index in [0.717, 1.165) is 11.3 Å². The summed E-state index contributed by atoms with van der Waals surface area (Å²) in [5, 5.41) is 8.72. The average molecular weight is 534 g/mol. The Morgan fingerprint density at radius 3 is 2.36 bits per heavy atom. The number of fused-ring (bicyclic) bond motifs is 1. The summed E-state index contributed by atoms with van der Waals surface area (Å²) >= 11 is 0. The van der Waals surface area contributed by atoms with Crippen LogP contribution in [0.25, 0.3) is 0 Å². The summed E-state index contributed by atoms with van der Waals surface area (Å²) in [6.07, 6.45) is 0.801. The van der Waals surface area contributed by atoms with E-state index in [9.17, 15) is 19.2 Å². The Bertz CT molecular complexity index is 1260. The van der Waals surface area contributed by atoms with Crippen molar-refractivity contribution >= 4 is 29.4 Å². The van der Waals surface area contributed by atoms with Gasteiger partial charge in [-0.1, -0.05) is 48.5 Å². The molecular weight excluding hydrogens is 498 g/mol. The molecule has 1 saturated heterocycles. The van der Waals surface area contributed by atoms with Gasteiger partial charge in [0.05, 0.1) is 16.8 Å². The van der Waals surface area contributed by atoms with Crippen LogP contribution in [0.3, 0.4) is 0 Å². The van der Waals surface area contributed by atoms with Gasteiger partial charge in [-0.15, -0.1) is 0 Å². The Balaban J connectivity index is 1.58. The van der Waals surface area contributed by atoms with Crippen LogP contribution in [0.1, 0.15) is 43.1 Å². The fraction of sp³-hybridized carbons (Fsp3) is 0.414. The van der Waals surface area contributed by atoms with Crippen LogP contribution >= 0.6 is 0 Å². The van der Waals surface area contributed by atoms with Crippen LogP contribution in [-0.2, 0) is 25.5 Å². The first-order chi connectivity index (χ1) is 18.5. The number of likely N-dealkylation sites (tertiary alicyclic amines) is 1. The Kier molecular flexibility index (Phi) is 8.15. The van der Waals surface area contributed by atoms with Crippen LogP contribution in [0, 0.1) is 5.41 Å². The number of rotatable bonds is 9. The number of amides is 3. The van der Waals surface area contributed by atoms with Crippen molar-refractivity contribution in [1.29, 1.82) is 0 Å². The number of hydrogen-bond donors (Lipinski definition) is 2. The Labute approximate surface area is 228 Å². The molecule has 2 aromatic carbocycles. The van der Waals surface area contributed by atoms with Crippen LogP contribution in [0.15, 0.2) is 65.8 Å². The monoisotopic (exact) mass is 533 g/mol. The Hall–Kier alpha value is -4.05. The fourth-order valence-corrected chi connectivity index (χ4v) is 4.89. The van der Waals surface area contributed by atoms with Crippen molar-refractivity contribution in [2.45, 2.75) is 45.2 Å². The minimum absolute atomic E-state index is 0.0971. The highest BCUT2D eigenvalue weighted by Crippen LogP contribution is 2.38. The van der Waals surface area contributed by atoms with E-state index >= 15 is 0 Å². The predicted octanol–water partition coefficient (Wildman–Crippen LogP) is 1.75. The summed E-state index contributed by atoms with van der Waals surface area (Å²) in [6.45, 7) is 5.35. The summed E-state index contributed by atoms with van der Waals surface area (Å²) in [5.41, 5.74) is 5.73. The molecule has 3 amide bonds. The topological polar surface area (TPSA) is 134 Å². The highest BCUT2D eigenvalue weighted by atomic mass is 16.5. The third-order valence-electron chi connectivity index (χ3n) is 7.06. The number of benzene rings is 2. The van der Waals surface area contributed by atoms with Crippen molar-refractivity contribution in [3.63, 3.8) is 0 Å². The molecule has 10 heteroatoms. The SMILES string of the molecule is CCN1N=C2CCN(C(=O)C(COC(=O)c3ccccc3)NC(=O)C(C)(C)N)CC2(Cc2ccccc2)C1=O. The zero-order valence-corrected chi connectivity index (χ0v) is 22.6. The first-order valence-corrected chi connectivity index (χ1v) is 13.1. The van der Waals surface area contributed by atoms with Gasteiger partial charge in [0.25, 0.3) is 5.91 Å². The molecule has 2 aliphatic rings. The van der Waals surface area contributed by atoms with Gasteiger partial charge in [-0.25, -0.2) is 9.80 Å². The van der Waals surface area contributed by atoms with Crippen LogP contribution in [0.5, 0.6) is 0 Å². The maximum atomic E-state index is 13.9. The molecule has 1 fully saturated rings. The molecule has 0 radical (unpaired) electrons. The molecule has 4 rings (SSSR count). The van der Waals surface area contributed by atoms with Crippen molar-refractivity contribution in [3.05, 3.63) is 71.8 Å². The zero-order valence-electron chi connectivity index (χ0n) is 22.6. The molecule has 39 heavy (non-hydrogen) atoms. The summed E-state index contributed by atoms with van der Waals surface area (Å²) in [6, 6.07) is 16.8. The van der Waals surface area contributed by atoms with Gasteiger partial charge in [0, 0.05) is 26.1 Å². The highest BCUT2D eigenvalue weighted by Gasteiger charge is 2.54. The van der Waals surface area contributed by atoms with Crippen LogP contribution in [0.4, 0.5) is 0 Å². The number of nitrogens with zero attached hydrogens (tertiary/aromatic N) is 3. The number of hydrazone groups is 1. The van der Waals surface area contributed by atoms with E-state index in [0.29, 0.717) is 31.5 Å². The van der Waals surface area contributed by atoms with Crippen molar-refractivity contribution < 1.29 is 23.9 Å². The Morgan fingerprint density at radius 1 is 1.10 bits per heavy atom. The van der Waals surface area contributed by atoms with Crippen LogP contribution in [0.2, 0.25) is 0 Å². The molecule has 3 N–H and O–H groups in total. The molecule has 0 bridgehead atoms. The second-order valence-electron chi connectivity index (χ2n) is 10.5. The van der Waals surface area contributed by atoms with E-state index in [2.05, 4.69) is 10.4 Å². The van der Waals surface area contributed by atoms with E-state index < -0.39 is 34.8 Å². The maximum absolute atomic E-state index is 13.9. The van der Waals surface area contributed by atoms with Gasteiger partial charge in [-0.2, -0.15) is 5.10 Å². The largest absolute Gasteiger partial charge is 0.459 e. The lowest BCUT2D eigenvalue weighted by molar-refractivity contribution is -0.143. The molecule has 2 atom stereocenters. The third-order valence-corrected chi connectivity index (χ3v) is 7.06. The standard InChI is InChI=1S/C29H35N5O5/c1-4-34-27(38)29(17-20-11-7-5-8-12-20)19-33(16-15-23(29)32-34)24(35)22(31-26(37)28(2,3)30)18-39-25(36)21-13-9-6-10-14-21/h5-14,22H,4,15-19,30H2,1-3H3,(H,31,37). The number of nitrogens with two attached hydrogens (primary N) is 1. The average Bonchev–Trinajstić information content (AvgIpc) is 3.21. The van der Waals surface area contributed by atoms with Crippen molar-refractivity contribution in [2.24, 2.45) is 16.3 Å². The summed E-state index contributed by atoms with van der Waals surface area (Å²) in [7, 11) is 0. The molecule has 0 saturated carbocycles. The number of carbonyl (C=O) groups is 4. The number of esters is 1. The smallest absolute Gasteiger partial charge is 0.338 e. The number of hydrogen-bond acceptors (Lipinski definition) is 7. The quantitative estimate of drug-likeness (QED) is 0.472. The maximum Gasteiger partial charge on any atom is 0.338 e. The van der Waals surface area contributed by atoms with Crippen LogP contribution < -0.4 is 11.1 Å². The summed E-state index contributed by atoms with van der Waals surface area (Å²) < 4.78 is 5.44. The third kappa shape index (κ3) is 6.01. The lowest BCUT2D eigenvalue weighted by Gasteiger charge is -2.40. The molecular formula is C29H35N5O5. The van der Waals surface area contributed by atoms with Crippen molar-refractivity contribution in [1.82, 2.24) is 15.2 Å². The number of ether oxygens (including phenoxy) is 1. The first-order valence-electron chi connectivity index (χ1n) is 13.1. The molecule has 206 valence electrons. The lowest BCUT2D eigenvalue weighted by Crippen LogP contribution is -2.61. The number of carbonyl (C=O) groups excluding carboxylic acids is 4. The second-order valence-corrected chi connectivity index (χ2v) is 10.5. The predicted molar refractivity (Wildman–Crippen MR) is 146 cm³/mol. The minimum Gasteiger partial charge on any atom is -0.459 e. The molecule has 2 aliphatic heterocycles. The zero-order chi connectivity index (χ0) is 28.2. The summed E-state index contributed by atoms with van der Waals surface area (Å²) in [4.78, 5) is 54.4. The van der Waals surface area contributed by atoms with Gasteiger partial charge in [0.2, 0.25) is 11.8 Å². The van der Waals surface area contributed by atoms with Gasteiger partial charge in [0.15, 0.2) is 0 Å². The minimum atomic E-state index is -1.26. The van der Waals surface area contributed by atoms with E-state index in [4.69, 9.17) is 10.5 Å². The summed E-state index contributed by atoms with van der Waals surface area (Å²) in [5.74, 6) is -1.79. The normalized spacial score (nSPS) is 19.7. The molecule has 0 aliphatic carbocycles. The number of piperidine rings is 1. The van der Waals surface area contributed by atoms with E-state index in [1.807, 2.05) is 37.3 Å². The molecule has 2 unspecified atom stereocenters.